The summed E-state index contributed by atoms with van der Waals surface area (Å²) in [7, 11) is 0. The van der Waals surface area contributed by atoms with Crippen molar-refractivity contribution >= 4 is 34.5 Å². The van der Waals surface area contributed by atoms with E-state index in [0.29, 0.717) is 41.5 Å². The lowest BCUT2D eigenvalue weighted by atomic mass is 9.85. The lowest BCUT2D eigenvalue weighted by Gasteiger charge is -2.35. The number of likely N-dealkylation sites (tertiary alicyclic amines) is 1. The Morgan fingerprint density at radius 3 is 2.41 bits per heavy atom. The van der Waals surface area contributed by atoms with Gasteiger partial charge >= 0.3 is 12.1 Å². The van der Waals surface area contributed by atoms with Crippen molar-refractivity contribution in [2.75, 3.05) is 24.6 Å². The number of aromatic nitrogens is 1. The predicted octanol–water partition coefficient (Wildman–Crippen LogP) is 7.44. The molecule has 0 atom stereocenters. The van der Waals surface area contributed by atoms with E-state index in [-0.39, 0.29) is 18.7 Å². The number of anilines is 2. The van der Waals surface area contributed by atoms with Gasteiger partial charge in [-0.15, -0.1) is 0 Å². The Kier molecular flexibility index (Phi) is 8.96. The fourth-order valence-corrected chi connectivity index (χ4v) is 5.66. The van der Waals surface area contributed by atoms with Gasteiger partial charge in [-0.05, 0) is 102 Å². The highest BCUT2D eigenvalue weighted by Crippen LogP contribution is 2.39. The number of aryl methyl sites for hydroxylation is 1. The van der Waals surface area contributed by atoms with Crippen molar-refractivity contribution in [3.63, 3.8) is 0 Å². The van der Waals surface area contributed by atoms with Crippen molar-refractivity contribution in [2.45, 2.75) is 85.3 Å². The van der Waals surface area contributed by atoms with E-state index in [9.17, 15) is 14.9 Å². The zero-order valence-corrected chi connectivity index (χ0v) is 25.3. The Balaban J connectivity index is 1.72. The summed E-state index contributed by atoms with van der Waals surface area (Å²) < 4.78 is 11.1. The number of carbonyl (C=O) groups excluding carboxylic acids is 2. The highest BCUT2D eigenvalue weighted by Gasteiger charge is 2.30. The number of aromatic amines is 1. The molecule has 2 heterocycles. The molecule has 1 amide bonds. The van der Waals surface area contributed by atoms with Gasteiger partial charge in [0.25, 0.3) is 0 Å². The number of amides is 1. The molecule has 1 N–H and O–H groups in total. The number of piperidine rings is 1. The number of H-pyrrole nitrogens is 1. The van der Waals surface area contributed by atoms with Crippen molar-refractivity contribution in [3.05, 3.63) is 58.7 Å². The van der Waals surface area contributed by atoms with Crippen LogP contribution in [0.5, 0.6) is 0 Å². The van der Waals surface area contributed by atoms with Crippen LogP contribution in [0.4, 0.5) is 16.3 Å². The van der Waals surface area contributed by atoms with Crippen LogP contribution in [0.3, 0.4) is 0 Å². The largest absolute Gasteiger partial charge is 0.462 e. The van der Waals surface area contributed by atoms with Crippen LogP contribution in [0.25, 0.3) is 10.9 Å². The molecule has 41 heavy (non-hydrogen) atoms. The molecule has 0 bridgehead atoms. The summed E-state index contributed by atoms with van der Waals surface area (Å²) in [6.45, 7) is 15.4. The van der Waals surface area contributed by atoms with Gasteiger partial charge in [-0.25, -0.2) is 9.59 Å². The highest BCUT2D eigenvalue weighted by atomic mass is 16.6. The quantitative estimate of drug-likeness (QED) is 0.303. The predicted molar refractivity (Wildman–Crippen MR) is 162 cm³/mol. The summed E-state index contributed by atoms with van der Waals surface area (Å²) in [6.07, 6.45) is 2.36. The SMILES string of the molecule is CCOC(=O)c1c(N(c2ccc(CC)c(C3CCN(C(=O)OC(C)(C)C)CC3)c2)C(C)C)[nH]c2cc(C#N)ccc12. The molecule has 0 radical (unpaired) electrons. The number of nitrogens with one attached hydrogen (secondary N) is 1. The first-order valence-electron chi connectivity index (χ1n) is 14.6. The van der Waals surface area contributed by atoms with Crippen molar-refractivity contribution < 1.29 is 19.1 Å². The molecule has 0 spiro atoms. The average Bonchev–Trinajstić information content (AvgIpc) is 3.30. The maximum absolute atomic E-state index is 13.3. The molecule has 0 aliphatic carbocycles. The van der Waals surface area contributed by atoms with Crippen molar-refractivity contribution in [1.82, 2.24) is 9.88 Å². The fraction of sp³-hybridized carbons (Fsp3) is 0.485. The molecule has 3 aromatic rings. The standard InChI is InChI=1S/C33H42N4O4/c1-8-23-11-12-25(19-27(23)24-14-16-36(17-15-24)32(39)41-33(5,6)7)37(21(3)4)30-29(31(38)40-9-2)26-13-10-22(20-34)18-28(26)35-30/h10-13,18-19,21,24,35H,8-9,14-17H2,1-7H3. The number of nitriles is 1. The Bertz CT molecular complexity index is 1450. The van der Waals surface area contributed by atoms with Gasteiger partial charge in [-0.3, -0.25) is 0 Å². The zero-order valence-electron chi connectivity index (χ0n) is 25.3. The molecular weight excluding hydrogens is 516 g/mol. The second kappa shape index (κ2) is 12.3. The molecule has 8 nitrogen and oxygen atoms in total. The minimum Gasteiger partial charge on any atom is -0.462 e. The summed E-state index contributed by atoms with van der Waals surface area (Å²) in [5.41, 5.74) is 4.72. The van der Waals surface area contributed by atoms with Crippen LogP contribution in [-0.4, -0.2) is 53.3 Å². The first-order chi connectivity index (χ1) is 19.5. The molecule has 1 aromatic heterocycles. The van der Waals surface area contributed by atoms with E-state index in [1.165, 1.54) is 11.1 Å². The second-order valence-electron chi connectivity index (χ2n) is 11.9. The van der Waals surface area contributed by atoms with E-state index < -0.39 is 11.6 Å². The maximum Gasteiger partial charge on any atom is 0.410 e. The Morgan fingerprint density at radius 2 is 1.83 bits per heavy atom. The van der Waals surface area contributed by atoms with Gasteiger partial charge in [0.2, 0.25) is 0 Å². The molecule has 1 aliphatic rings. The van der Waals surface area contributed by atoms with Crippen LogP contribution in [0.2, 0.25) is 0 Å². The van der Waals surface area contributed by atoms with Gasteiger partial charge in [-0.2, -0.15) is 5.26 Å². The van der Waals surface area contributed by atoms with E-state index in [1.807, 2.05) is 31.7 Å². The van der Waals surface area contributed by atoms with Gasteiger partial charge in [0, 0.05) is 35.7 Å². The monoisotopic (exact) mass is 558 g/mol. The van der Waals surface area contributed by atoms with Crippen molar-refractivity contribution in [1.29, 1.82) is 5.26 Å². The Hall–Kier alpha value is -3.99. The van der Waals surface area contributed by atoms with E-state index in [2.05, 4.69) is 54.9 Å². The van der Waals surface area contributed by atoms with Crippen LogP contribution in [0.1, 0.15) is 94.3 Å². The lowest BCUT2D eigenvalue weighted by Crippen LogP contribution is -2.41. The van der Waals surface area contributed by atoms with E-state index >= 15 is 0 Å². The zero-order chi connectivity index (χ0) is 29.9. The number of benzene rings is 2. The minimum atomic E-state index is -0.515. The number of fused-ring (bicyclic) bond motifs is 1. The van der Waals surface area contributed by atoms with Gasteiger partial charge in [-0.1, -0.05) is 19.1 Å². The second-order valence-corrected chi connectivity index (χ2v) is 11.9. The molecule has 0 saturated carbocycles. The minimum absolute atomic E-state index is 0.0148. The maximum atomic E-state index is 13.3. The fourth-order valence-electron chi connectivity index (χ4n) is 5.66. The number of nitrogens with zero attached hydrogens (tertiary/aromatic N) is 3. The van der Waals surface area contributed by atoms with Crippen LogP contribution >= 0.6 is 0 Å². The number of esters is 1. The van der Waals surface area contributed by atoms with E-state index in [0.717, 1.165) is 30.3 Å². The van der Waals surface area contributed by atoms with Gasteiger partial charge in [0.15, 0.2) is 0 Å². The van der Waals surface area contributed by atoms with Crippen molar-refractivity contribution in [2.24, 2.45) is 0 Å². The Labute approximate surface area is 243 Å². The normalized spacial score (nSPS) is 14.3. The number of ether oxygens (including phenoxy) is 2. The number of rotatable bonds is 7. The molecule has 1 fully saturated rings. The summed E-state index contributed by atoms with van der Waals surface area (Å²) in [4.78, 5) is 33.3. The van der Waals surface area contributed by atoms with E-state index in [4.69, 9.17) is 9.47 Å². The molecule has 218 valence electrons. The number of hydrogen-bond acceptors (Lipinski definition) is 6. The summed E-state index contributed by atoms with van der Waals surface area (Å²) in [5.74, 6) is 0.561. The first kappa shape index (κ1) is 30.0. The topological polar surface area (TPSA) is 98.7 Å². The van der Waals surface area contributed by atoms with Crippen LogP contribution in [0, 0.1) is 11.3 Å². The van der Waals surface area contributed by atoms with Crippen LogP contribution in [-0.2, 0) is 15.9 Å². The van der Waals surface area contributed by atoms with E-state index in [1.54, 1.807) is 19.1 Å². The third-order valence-electron chi connectivity index (χ3n) is 7.52. The Morgan fingerprint density at radius 1 is 1.12 bits per heavy atom. The molecule has 1 aliphatic heterocycles. The molecular formula is C33H42N4O4. The van der Waals surface area contributed by atoms with Crippen molar-refractivity contribution in [3.8, 4) is 6.07 Å². The van der Waals surface area contributed by atoms with Crippen LogP contribution < -0.4 is 4.90 Å². The average molecular weight is 559 g/mol. The molecule has 1 saturated heterocycles. The molecule has 2 aromatic carbocycles. The smallest absolute Gasteiger partial charge is 0.410 e. The molecule has 8 heteroatoms. The van der Waals surface area contributed by atoms with Crippen LogP contribution in [0.15, 0.2) is 36.4 Å². The summed E-state index contributed by atoms with van der Waals surface area (Å²) in [5, 5.41) is 10.2. The third kappa shape index (κ3) is 6.51. The first-order valence-corrected chi connectivity index (χ1v) is 14.6. The number of carbonyl (C=O) groups is 2. The third-order valence-corrected chi connectivity index (χ3v) is 7.52. The van der Waals surface area contributed by atoms with Gasteiger partial charge in [0.1, 0.15) is 17.0 Å². The number of hydrogen-bond donors (Lipinski definition) is 1. The van der Waals surface area contributed by atoms with Gasteiger partial charge in [0.05, 0.1) is 18.2 Å². The summed E-state index contributed by atoms with van der Waals surface area (Å²) in [6, 6.07) is 14.0. The van der Waals surface area contributed by atoms with Gasteiger partial charge < -0.3 is 24.3 Å². The highest BCUT2D eigenvalue weighted by molar-refractivity contribution is 6.10. The summed E-state index contributed by atoms with van der Waals surface area (Å²) >= 11 is 0. The molecule has 4 rings (SSSR count). The molecule has 0 unspecified atom stereocenters. The lowest BCUT2D eigenvalue weighted by molar-refractivity contribution is 0.0204.